The molecule has 0 radical (unpaired) electrons. The molecule has 0 amide bonds. The molecule has 0 saturated carbocycles. The first kappa shape index (κ1) is 17.2. The summed E-state index contributed by atoms with van der Waals surface area (Å²) < 4.78 is 11.0. The standard InChI is InChI=1S/C17H18OSe4/c1-2-3-4-9-18-14-7-5-13(6-8-14)15-12-21-17(22-15)16-19-10-11-20-16/h5-8,10-12H,2-4,9H2,1H3. The molecule has 0 fully saturated rings. The fraction of sp³-hybridized carbons (Fsp3) is 0.294. The van der Waals surface area contributed by atoms with Gasteiger partial charge in [0.25, 0.3) is 0 Å². The van der Waals surface area contributed by atoms with Crippen LogP contribution < -0.4 is 4.74 Å². The van der Waals surface area contributed by atoms with Gasteiger partial charge in [-0.3, -0.25) is 0 Å². The Balaban J connectivity index is 1.56. The van der Waals surface area contributed by atoms with Crippen LogP contribution >= 0.6 is 0 Å². The Morgan fingerprint density at radius 2 is 1.68 bits per heavy atom. The van der Waals surface area contributed by atoms with Gasteiger partial charge in [-0.2, -0.15) is 0 Å². The number of ether oxygens (including phenoxy) is 1. The van der Waals surface area contributed by atoms with Crippen LogP contribution in [0.15, 0.2) is 45.9 Å². The first-order chi connectivity index (χ1) is 10.9. The van der Waals surface area contributed by atoms with E-state index in [-0.39, 0.29) is 0 Å². The van der Waals surface area contributed by atoms with E-state index in [4.69, 9.17) is 4.74 Å². The summed E-state index contributed by atoms with van der Waals surface area (Å²) in [6, 6.07) is 8.77. The maximum absolute atomic E-state index is 5.81. The zero-order chi connectivity index (χ0) is 15.2. The predicted molar refractivity (Wildman–Crippen MR) is 98.6 cm³/mol. The molecular formula is C17H18OSe4. The molecule has 0 aliphatic carbocycles. The van der Waals surface area contributed by atoms with Gasteiger partial charge in [-0.05, 0) is 0 Å². The van der Waals surface area contributed by atoms with Crippen LogP contribution in [0, 0.1) is 0 Å². The molecule has 2 aliphatic heterocycles. The van der Waals surface area contributed by atoms with Gasteiger partial charge in [-0.15, -0.1) is 0 Å². The second kappa shape index (κ2) is 8.97. The Morgan fingerprint density at radius 1 is 0.909 bits per heavy atom. The van der Waals surface area contributed by atoms with E-state index in [0.29, 0.717) is 59.8 Å². The van der Waals surface area contributed by atoms with Crippen molar-refractivity contribution in [3.8, 4) is 5.75 Å². The van der Waals surface area contributed by atoms with E-state index >= 15 is 0 Å². The van der Waals surface area contributed by atoms with Gasteiger partial charge in [0.15, 0.2) is 0 Å². The van der Waals surface area contributed by atoms with Crippen molar-refractivity contribution in [2.75, 3.05) is 6.61 Å². The van der Waals surface area contributed by atoms with E-state index in [0.717, 1.165) is 18.8 Å². The van der Waals surface area contributed by atoms with Crippen molar-refractivity contribution >= 4 is 64.3 Å². The van der Waals surface area contributed by atoms with E-state index in [1.807, 2.05) is 6.74 Å². The zero-order valence-corrected chi connectivity index (χ0v) is 19.3. The van der Waals surface area contributed by atoms with Crippen LogP contribution in [0.5, 0.6) is 5.75 Å². The topological polar surface area (TPSA) is 9.23 Å². The minimum atomic E-state index is 0.578. The predicted octanol–water partition coefficient (Wildman–Crippen LogP) is 3.00. The fourth-order valence-electron chi connectivity index (χ4n) is 2.03. The SMILES string of the molecule is CCCCCOc1ccc(C2=C[Se]C(=C3[Se]C=C[Se]3)[Se]2)cc1. The van der Waals surface area contributed by atoms with Gasteiger partial charge in [0.1, 0.15) is 0 Å². The molecule has 1 aromatic carbocycles. The van der Waals surface area contributed by atoms with Crippen molar-refractivity contribution in [2.45, 2.75) is 26.2 Å². The Bertz CT molecular complexity index is 592. The van der Waals surface area contributed by atoms with Crippen LogP contribution in [-0.4, -0.2) is 66.4 Å². The van der Waals surface area contributed by atoms with E-state index in [1.54, 1.807) is 4.47 Å². The van der Waals surface area contributed by atoms with E-state index < -0.39 is 0 Å². The van der Waals surface area contributed by atoms with Crippen LogP contribution in [0.3, 0.4) is 0 Å². The van der Waals surface area contributed by atoms with Gasteiger partial charge >= 0.3 is 159 Å². The summed E-state index contributed by atoms with van der Waals surface area (Å²) in [6.07, 6.45) is 3.66. The third-order valence-corrected chi connectivity index (χ3v) is 18.0. The van der Waals surface area contributed by atoms with Gasteiger partial charge in [-0.25, -0.2) is 0 Å². The zero-order valence-electron chi connectivity index (χ0n) is 12.4. The molecule has 5 heteroatoms. The van der Waals surface area contributed by atoms with Crippen molar-refractivity contribution in [3.05, 3.63) is 51.5 Å². The molecular weight excluding hydrogens is 536 g/mol. The number of unbranched alkanes of at least 4 members (excludes halogenated alkanes) is 2. The summed E-state index contributed by atoms with van der Waals surface area (Å²) in [5.74, 6) is 1.02. The number of hydrogen-bond donors (Lipinski definition) is 0. The molecule has 2 aliphatic rings. The summed E-state index contributed by atoms with van der Waals surface area (Å²) in [4.78, 5) is 7.32. The van der Waals surface area contributed by atoms with Crippen LogP contribution in [-0.2, 0) is 0 Å². The molecule has 1 aromatic rings. The molecule has 0 unspecified atom stereocenters. The first-order valence-electron chi connectivity index (χ1n) is 7.37. The van der Waals surface area contributed by atoms with Crippen molar-refractivity contribution < 1.29 is 4.74 Å². The van der Waals surface area contributed by atoms with Crippen LogP contribution in [0.4, 0.5) is 0 Å². The molecule has 0 N–H and O–H groups in total. The van der Waals surface area contributed by atoms with Crippen molar-refractivity contribution in [1.29, 1.82) is 0 Å². The summed E-state index contributed by atoms with van der Waals surface area (Å²) in [5.41, 5.74) is 1.41. The van der Waals surface area contributed by atoms with Gasteiger partial charge in [0, 0.05) is 0 Å². The molecule has 22 heavy (non-hydrogen) atoms. The monoisotopic (exact) mass is 558 g/mol. The van der Waals surface area contributed by atoms with Crippen LogP contribution in [0.25, 0.3) is 4.47 Å². The van der Waals surface area contributed by atoms with E-state index in [2.05, 4.69) is 46.1 Å². The third kappa shape index (κ3) is 4.66. The van der Waals surface area contributed by atoms with E-state index in [9.17, 15) is 0 Å². The van der Waals surface area contributed by atoms with Crippen molar-refractivity contribution in [1.82, 2.24) is 0 Å². The van der Waals surface area contributed by atoms with E-state index in [1.165, 1.54) is 18.4 Å². The molecule has 0 aromatic heterocycles. The summed E-state index contributed by atoms with van der Waals surface area (Å²) in [5, 5.41) is 0. The number of rotatable bonds is 6. The first-order valence-corrected chi connectivity index (χ1v) is 14.6. The number of hydrogen-bond acceptors (Lipinski definition) is 1. The fourth-order valence-corrected chi connectivity index (χ4v) is 15.7. The normalized spacial score (nSPS) is 17.2. The summed E-state index contributed by atoms with van der Waals surface area (Å²) in [6.45, 7) is 3.07. The van der Waals surface area contributed by atoms with Gasteiger partial charge in [0.2, 0.25) is 0 Å². The third-order valence-electron chi connectivity index (χ3n) is 3.20. The maximum atomic E-state index is 5.81. The molecule has 116 valence electrons. The number of benzene rings is 1. The van der Waals surface area contributed by atoms with Crippen molar-refractivity contribution in [3.63, 3.8) is 0 Å². The molecule has 2 heterocycles. The average Bonchev–Trinajstić information content (AvgIpc) is 3.23. The molecule has 0 bridgehead atoms. The molecule has 0 saturated heterocycles. The Labute approximate surface area is 158 Å². The second-order valence-electron chi connectivity index (χ2n) is 4.86. The Kier molecular flexibility index (Phi) is 6.99. The van der Waals surface area contributed by atoms with Gasteiger partial charge in [-0.1, -0.05) is 0 Å². The Morgan fingerprint density at radius 3 is 2.41 bits per heavy atom. The summed E-state index contributed by atoms with van der Waals surface area (Å²) in [7, 11) is 0. The molecule has 1 nitrogen and oxygen atoms in total. The molecule has 3 rings (SSSR count). The second-order valence-corrected chi connectivity index (χ2v) is 15.4. The molecule has 0 spiro atoms. The quantitative estimate of drug-likeness (QED) is 0.389. The minimum absolute atomic E-state index is 0.578. The van der Waals surface area contributed by atoms with Crippen LogP contribution in [0.2, 0.25) is 0 Å². The Hall–Kier alpha value is 0.318. The van der Waals surface area contributed by atoms with Crippen molar-refractivity contribution in [2.24, 2.45) is 0 Å². The summed E-state index contributed by atoms with van der Waals surface area (Å²) >= 11 is 2.56. The van der Waals surface area contributed by atoms with Gasteiger partial charge in [0.05, 0.1) is 0 Å². The molecule has 0 atom stereocenters. The van der Waals surface area contributed by atoms with Gasteiger partial charge < -0.3 is 0 Å². The van der Waals surface area contributed by atoms with Crippen LogP contribution in [0.1, 0.15) is 31.7 Å². The average molecular weight is 554 g/mol.